The van der Waals surface area contributed by atoms with Gasteiger partial charge < -0.3 is 15.3 Å². The highest BCUT2D eigenvalue weighted by Gasteiger charge is 2.11. The minimum absolute atomic E-state index is 0.446. The molecule has 0 spiro atoms. The number of primary amides is 1. The Morgan fingerprint density at radius 2 is 2.00 bits per heavy atom. The Morgan fingerprint density at radius 1 is 1.17 bits per heavy atom. The number of fused-ring (bicyclic) bond motifs is 2. The average Bonchev–Trinajstić information content (AvgIpc) is 3.08. The smallest absolute Gasteiger partial charge is 0.248 e. The van der Waals surface area contributed by atoms with Crippen LogP contribution in [0.3, 0.4) is 0 Å². The molecule has 0 saturated heterocycles. The van der Waals surface area contributed by atoms with Crippen molar-refractivity contribution in [3.8, 4) is 0 Å². The Morgan fingerprint density at radius 3 is 2.78 bits per heavy atom. The number of H-pyrrole nitrogens is 1. The van der Waals surface area contributed by atoms with E-state index in [-0.39, 0.29) is 0 Å². The van der Waals surface area contributed by atoms with E-state index in [9.17, 15) is 4.79 Å². The van der Waals surface area contributed by atoms with Crippen molar-refractivity contribution >= 4 is 28.0 Å². The number of aryl methyl sites for hydroxylation is 1. The molecule has 2 aromatic carbocycles. The number of rotatable bonds is 3. The summed E-state index contributed by atoms with van der Waals surface area (Å²) in [5.41, 5.74) is 9.45. The highest BCUT2D eigenvalue weighted by Crippen LogP contribution is 2.18. The molecule has 0 aliphatic rings. The predicted molar refractivity (Wildman–Crippen MR) is 88.1 cm³/mol. The van der Waals surface area contributed by atoms with Gasteiger partial charge in [-0.25, -0.2) is 9.97 Å². The van der Waals surface area contributed by atoms with Crippen LogP contribution < -0.4 is 5.73 Å². The standard InChI is InChI=1S/C17H15N5O/c1-22-14-5-3-2-4-12(14)21-16(22)9-15-19-11-7-6-10(17(18)23)8-13(11)20-15/h2-8H,9H2,1H3,(H2,18,23)(H,19,20). The van der Waals surface area contributed by atoms with Crippen LogP contribution in [0.15, 0.2) is 42.5 Å². The minimum atomic E-state index is -0.446. The van der Waals surface area contributed by atoms with Crippen LogP contribution in [-0.2, 0) is 13.5 Å². The van der Waals surface area contributed by atoms with Crippen LogP contribution in [0.4, 0.5) is 0 Å². The Hall–Kier alpha value is -3.15. The van der Waals surface area contributed by atoms with Gasteiger partial charge in [-0.2, -0.15) is 0 Å². The van der Waals surface area contributed by atoms with Gasteiger partial charge in [0.15, 0.2) is 0 Å². The topological polar surface area (TPSA) is 89.6 Å². The summed E-state index contributed by atoms with van der Waals surface area (Å²) in [6.07, 6.45) is 0.589. The molecule has 0 aliphatic carbocycles. The maximum atomic E-state index is 11.3. The van der Waals surface area contributed by atoms with Gasteiger partial charge in [0, 0.05) is 12.6 Å². The molecule has 0 atom stereocenters. The molecule has 0 unspecified atom stereocenters. The lowest BCUT2D eigenvalue weighted by Gasteiger charge is -1.99. The zero-order valence-electron chi connectivity index (χ0n) is 12.6. The molecule has 4 rings (SSSR count). The largest absolute Gasteiger partial charge is 0.366 e. The fraction of sp³-hybridized carbons (Fsp3) is 0.118. The molecule has 2 heterocycles. The third kappa shape index (κ3) is 2.24. The molecule has 6 nitrogen and oxygen atoms in total. The van der Waals surface area contributed by atoms with Crippen molar-refractivity contribution in [2.75, 3.05) is 0 Å². The second-order valence-corrected chi connectivity index (χ2v) is 5.53. The van der Waals surface area contributed by atoms with Crippen LogP contribution in [0.25, 0.3) is 22.1 Å². The van der Waals surface area contributed by atoms with Crippen molar-refractivity contribution in [1.82, 2.24) is 19.5 Å². The number of benzene rings is 2. The van der Waals surface area contributed by atoms with Gasteiger partial charge in [0.05, 0.1) is 28.5 Å². The van der Waals surface area contributed by atoms with Crippen molar-refractivity contribution < 1.29 is 4.79 Å². The van der Waals surface area contributed by atoms with E-state index in [1.54, 1.807) is 18.2 Å². The Labute approximate surface area is 132 Å². The molecule has 0 saturated carbocycles. The lowest BCUT2D eigenvalue weighted by molar-refractivity contribution is 0.100. The maximum absolute atomic E-state index is 11.3. The van der Waals surface area contributed by atoms with Crippen LogP contribution in [0.2, 0.25) is 0 Å². The summed E-state index contributed by atoms with van der Waals surface area (Å²) in [6.45, 7) is 0. The highest BCUT2D eigenvalue weighted by atomic mass is 16.1. The van der Waals surface area contributed by atoms with Gasteiger partial charge in [-0.05, 0) is 30.3 Å². The number of para-hydroxylation sites is 2. The number of nitrogens with zero attached hydrogens (tertiary/aromatic N) is 3. The molecule has 6 heteroatoms. The number of imidazole rings is 2. The van der Waals surface area contributed by atoms with E-state index in [0.29, 0.717) is 12.0 Å². The van der Waals surface area contributed by atoms with Gasteiger partial charge in [0.25, 0.3) is 0 Å². The van der Waals surface area contributed by atoms with E-state index in [0.717, 1.165) is 33.7 Å². The Balaban J connectivity index is 1.74. The van der Waals surface area contributed by atoms with Gasteiger partial charge in [-0.1, -0.05) is 12.1 Å². The highest BCUT2D eigenvalue weighted by molar-refractivity contribution is 5.96. The number of amides is 1. The molecular formula is C17H15N5O. The SMILES string of the molecule is Cn1c(Cc2nc3ccc(C(N)=O)cc3[nH]2)nc2ccccc21. The number of aromatic nitrogens is 4. The van der Waals surface area contributed by atoms with Crippen molar-refractivity contribution in [1.29, 1.82) is 0 Å². The lowest BCUT2D eigenvalue weighted by atomic mass is 10.2. The summed E-state index contributed by atoms with van der Waals surface area (Å²) in [5.74, 6) is 1.29. The first-order valence-electron chi connectivity index (χ1n) is 7.30. The van der Waals surface area contributed by atoms with Crippen molar-refractivity contribution in [3.63, 3.8) is 0 Å². The second kappa shape index (κ2) is 4.95. The molecule has 0 radical (unpaired) electrons. The Kier molecular flexibility index (Phi) is 2.90. The lowest BCUT2D eigenvalue weighted by Crippen LogP contribution is -2.10. The van der Waals surface area contributed by atoms with E-state index in [1.165, 1.54) is 0 Å². The number of carbonyl (C=O) groups excluding carboxylic acids is 1. The third-order valence-corrected chi connectivity index (χ3v) is 4.02. The molecule has 0 aliphatic heterocycles. The fourth-order valence-corrected chi connectivity index (χ4v) is 2.80. The second-order valence-electron chi connectivity index (χ2n) is 5.53. The van der Waals surface area contributed by atoms with Crippen molar-refractivity contribution in [3.05, 3.63) is 59.7 Å². The van der Waals surface area contributed by atoms with Crippen LogP contribution >= 0.6 is 0 Å². The zero-order valence-corrected chi connectivity index (χ0v) is 12.6. The zero-order chi connectivity index (χ0) is 16.0. The summed E-state index contributed by atoms with van der Waals surface area (Å²) < 4.78 is 2.07. The first kappa shape index (κ1) is 13.5. The van der Waals surface area contributed by atoms with Crippen LogP contribution in [-0.4, -0.2) is 25.4 Å². The quantitative estimate of drug-likeness (QED) is 0.607. The molecule has 4 aromatic rings. The molecule has 0 bridgehead atoms. The average molecular weight is 305 g/mol. The number of hydrogen-bond donors (Lipinski definition) is 2. The van der Waals surface area contributed by atoms with Gasteiger partial charge in [-0.3, -0.25) is 4.79 Å². The van der Waals surface area contributed by atoms with Crippen molar-refractivity contribution in [2.24, 2.45) is 12.8 Å². The van der Waals surface area contributed by atoms with E-state index < -0.39 is 5.91 Å². The molecule has 2 aromatic heterocycles. The fourth-order valence-electron chi connectivity index (χ4n) is 2.80. The number of nitrogens with two attached hydrogens (primary N) is 1. The maximum Gasteiger partial charge on any atom is 0.248 e. The molecule has 0 fully saturated rings. The van der Waals surface area contributed by atoms with E-state index in [4.69, 9.17) is 5.73 Å². The van der Waals surface area contributed by atoms with E-state index >= 15 is 0 Å². The monoisotopic (exact) mass is 305 g/mol. The molecular weight excluding hydrogens is 290 g/mol. The van der Waals surface area contributed by atoms with Crippen LogP contribution in [0, 0.1) is 0 Å². The van der Waals surface area contributed by atoms with Gasteiger partial charge in [-0.15, -0.1) is 0 Å². The first-order chi connectivity index (χ1) is 11.1. The Bertz CT molecular complexity index is 1040. The summed E-state index contributed by atoms with van der Waals surface area (Å²) in [5, 5.41) is 0. The molecule has 3 N–H and O–H groups in total. The summed E-state index contributed by atoms with van der Waals surface area (Å²) in [7, 11) is 2.00. The number of carbonyl (C=O) groups is 1. The number of nitrogens with one attached hydrogen (secondary N) is 1. The van der Waals surface area contributed by atoms with E-state index in [1.807, 2.05) is 31.3 Å². The van der Waals surface area contributed by atoms with Gasteiger partial charge in [0.2, 0.25) is 5.91 Å². The first-order valence-corrected chi connectivity index (χ1v) is 7.30. The van der Waals surface area contributed by atoms with E-state index in [2.05, 4.69) is 19.5 Å². The summed E-state index contributed by atoms with van der Waals surface area (Å²) in [6, 6.07) is 13.2. The third-order valence-electron chi connectivity index (χ3n) is 4.02. The predicted octanol–water partition coefficient (Wildman–Crippen LogP) is 2.14. The van der Waals surface area contributed by atoms with Crippen LogP contribution in [0.1, 0.15) is 22.0 Å². The summed E-state index contributed by atoms with van der Waals surface area (Å²) in [4.78, 5) is 23.7. The number of hydrogen-bond acceptors (Lipinski definition) is 3. The molecule has 114 valence electrons. The van der Waals surface area contributed by atoms with Gasteiger partial charge in [0.1, 0.15) is 11.6 Å². The van der Waals surface area contributed by atoms with Crippen molar-refractivity contribution in [2.45, 2.75) is 6.42 Å². The minimum Gasteiger partial charge on any atom is -0.366 e. The molecule has 23 heavy (non-hydrogen) atoms. The summed E-state index contributed by atoms with van der Waals surface area (Å²) >= 11 is 0. The number of aromatic amines is 1. The molecule has 1 amide bonds. The van der Waals surface area contributed by atoms with Gasteiger partial charge >= 0.3 is 0 Å². The van der Waals surface area contributed by atoms with Crippen LogP contribution in [0.5, 0.6) is 0 Å². The normalized spacial score (nSPS) is 11.3.